The van der Waals surface area contributed by atoms with Crippen molar-refractivity contribution >= 4 is 10.0 Å². The van der Waals surface area contributed by atoms with Crippen molar-refractivity contribution < 1.29 is 12.8 Å². The molecule has 0 atom stereocenters. The van der Waals surface area contributed by atoms with Crippen molar-refractivity contribution in [2.45, 2.75) is 37.1 Å². The van der Waals surface area contributed by atoms with E-state index in [0.717, 1.165) is 19.0 Å². The maximum absolute atomic E-state index is 12.9. The molecule has 0 radical (unpaired) electrons. The van der Waals surface area contributed by atoms with E-state index >= 15 is 0 Å². The lowest BCUT2D eigenvalue weighted by atomic mass is 10.2. The van der Waals surface area contributed by atoms with Gasteiger partial charge in [0.15, 0.2) is 0 Å². The van der Waals surface area contributed by atoms with Crippen LogP contribution in [0.25, 0.3) is 0 Å². The molecule has 0 heterocycles. The second-order valence-corrected chi connectivity index (χ2v) is 6.62. The Morgan fingerprint density at radius 3 is 2.68 bits per heavy atom. The van der Waals surface area contributed by atoms with Gasteiger partial charge < -0.3 is 5.32 Å². The van der Waals surface area contributed by atoms with Crippen molar-refractivity contribution in [3.63, 3.8) is 0 Å². The minimum atomic E-state index is -3.54. The molecule has 1 aliphatic rings. The molecular weight excluding hydrogens is 267 g/mol. The molecule has 0 bridgehead atoms. The third-order valence-corrected chi connectivity index (χ3v) is 4.70. The van der Waals surface area contributed by atoms with Gasteiger partial charge in [-0.2, -0.15) is 0 Å². The molecule has 0 saturated heterocycles. The zero-order chi connectivity index (χ0) is 13.9. The summed E-state index contributed by atoms with van der Waals surface area (Å²) in [7, 11) is -3.54. The fourth-order valence-electron chi connectivity index (χ4n) is 1.88. The summed E-state index contributed by atoms with van der Waals surface area (Å²) >= 11 is 0. The van der Waals surface area contributed by atoms with Crippen molar-refractivity contribution in [1.29, 1.82) is 0 Å². The molecule has 6 heteroatoms. The van der Waals surface area contributed by atoms with Crippen molar-refractivity contribution in [3.05, 3.63) is 29.6 Å². The average molecular weight is 286 g/mol. The fourth-order valence-corrected chi connectivity index (χ4v) is 3.18. The summed E-state index contributed by atoms with van der Waals surface area (Å²) in [6, 6.07) is 4.32. The van der Waals surface area contributed by atoms with Crippen LogP contribution in [0.1, 0.15) is 24.8 Å². The van der Waals surface area contributed by atoms with Crippen molar-refractivity contribution in [2.75, 3.05) is 13.1 Å². The first-order valence-electron chi connectivity index (χ1n) is 6.48. The van der Waals surface area contributed by atoms with E-state index in [1.807, 2.05) is 0 Å². The number of halogens is 1. The summed E-state index contributed by atoms with van der Waals surface area (Å²) in [4.78, 5) is 0.143. The van der Waals surface area contributed by atoms with Gasteiger partial charge in [-0.25, -0.2) is 17.5 Å². The van der Waals surface area contributed by atoms with Gasteiger partial charge in [0.2, 0.25) is 10.0 Å². The topological polar surface area (TPSA) is 58.2 Å². The lowest BCUT2D eigenvalue weighted by molar-refractivity contribution is 0.572. The van der Waals surface area contributed by atoms with Gasteiger partial charge in [0.25, 0.3) is 0 Å². The Kier molecular flexibility index (Phi) is 4.54. The summed E-state index contributed by atoms with van der Waals surface area (Å²) in [6.45, 7) is 2.79. The van der Waals surface area contributed by atoms with Gasteiger partial charge >= 0.3 is 0 Å². The molecule has 0 unspecified atom stereocenters. The molecular formula is C13H19FN2O2S. The first-order chi connectivity index (χ1) is 8.99. The lowest BCUT2D eigenvalue weighted by Gasteiger charge is -2.09. The van der Waals surface area contributed by atoms with Crippen LogP contribution in [-0.4, -0.2) is 27.5 Å². The van der Waals surface area contributed by atoms with E-state index in [0.29, 0.717) is 18.2 Å². The summed E-state index contributed by atoms with van der Waals surface area (Å²) in [5.74, 6) is -0.426. The molecule has 1 aromatic carbocycles. The average Bonchev–Trinajstić information content (AvgIpc) is 3.11. The van der Waals surface area contributed by atoms with Crippen molar-refractivity contribution in [2.24, 2.45) is 0 Å². The van der Waals surface area contributed by atoms with E-state index in [4.69, 9.17) is 0 Å². The Hall–Kier alpha value is -0.980. The SMILES string of the molecule is Cc1cc(F)ccc1S(=O)(=O)NCCCNC1CC1. The number of hydrogen-bond acceptors (Lipinski definition) is 3. The number of nitrogens with one attached hydrogen (secondary N) is 2. The smallest absolute Gasteiger partial charge is 0.240 e. The van der Waals surface area contributed by atoms with Gasteiger partial charge in [-0.3, -0.25) is 0 Å². The number of sulfonamides is 1. The monoisotopic (exact) mass is 286 g/mol. The number of hydrogen-bond donors (Lipinski definition) is 2. The number of rotatable bonds is 7. The van der Waals surface area contributed by atoms with E-state index in [-0.39, 0.29) is 4.90 Å². The van der Waals surface area contributed by atoms with E-state index < -0.39 is 15.8 Å². The Balaban J connectivity index is 1.86. The summed E-state index contributed by atoms with van der Waals surface area (Å²) in [5, 5.41) is 3.32. The first-order valence-corrected chi connectivity index (χ1v) is 7.96. The molecule has 0 amide bonds. The molecule has 1 aliphatic carbocycles. The third-order valence-electron chi connectivity index (χ3n) is 3.08. The van der Waals surface area contributed by atoms with Crippen LogP contribution in [0.15, 0.2) is 23.1 Å². The Morgan fingerprint density at radius 1 is 1.32 bits per heavy atom. The Morgan fingerprint density at radius 2 is 2.05 bits per heavy atom. The zero-order valence-corrected chi connectivity index (χ0v) is 11.8. The maximum Gasteiger partial charge on any atom is 0.240 e. The van der Waals surface area contributed by atoms with Crippen LogP contribution in [0, 0.1) is 12.7 Å². The van der Waals surface area contributed by atoms with Crippen LogP contribution in [0.4, 0.5) is 4.39 Å². The van der Waals surface area contributed by atoms with Crippen LogP contribution >= 0.6 is 0 Å². The van der Waals surface area contributed by atoms with Crippen LogP contribution < -0.4 is 10.0 Å². The molecule has 1 saturated carbocycles. The van der Waals surface area contributed by atoms with E-state index in [2.05, 4.69) is 10.0 Å². The van der Waals surface area contributed by atoms with E-state index in [9.17, 15) is 12.8 Å². The van der Waals surface area contributed by atoms with Crippen molar-refractivity contribution in [1.82, 2.24) is 10.0 Å². The molecule has 1 aromatic rings. The molecule has 0 aliphatic heterocycles. The van der Waals surface area contributed by atoms with Gasteiger partial charge in [-0.1, -0.05) is 0 Å². The van der Waals surface area contributed by atoms with Gasteiger partial charge in [0.05, 0.1) is 4.90 Å². The molecule has 0 spiro atoms. The zero-order valence-electron chi connectivity index (χ0n) is 10.9. The minimum absolute atomic E-state index is 0.143. The normalized spacial score (nSPS) is 15.7. The van der Waals surface area contributed by atoms with Crippen LogP contribution in [0.2, 0.25) is 0 Å². The quantitative estimate of drug-likeness (QED) is 0.748. The van der Waals surface area contributed by atoms with Gasteiger partial charge in [-0.15, -0.1) is 0 Å². The first kappa shape index (κ1) is 14.4. The highest BCUT2D eigenvalue weighted by Gasteiger charge is 2.20. The van der Waals surface area contributed by atoms with Gasteiger partial charge in [0, 0.05) is 12.6 Å². The highest BCUT2D eigenvalue weighted by atomic mass is 32.2. The summed E-state index contributed by atoms with van der Waals surface area (Å²) in [5.41, 5.74) is 0.420. The second kappa shape index (κ2) is 5.98. The second-order valence-electron chi connectivity index (χ2n) is 4.89. The van der Waals surface area contributed by atoms with E-state index in [1.165, 1.54) is 25.0 Å². The Labute approximate surface area is 113 Å². The van der Waals surface area contributed by atoms with E-state index in [1.54, 1.807) is 6.92 Å². The van der Waals surface area contributed by atoms with Gasteiger partial charge in [-0.05, 0) is 56.5 Å². The molecule has 19 heavy (non-hydrogen) atoms. The number of benzene rings is 1. The molecule has 1 fully saturated rings. The number of aryl methyl sites for hydroxylation is 1. The van der Waals surface area contributed by atoms with Crippen LogP contribution in [0.3, 0.4) is 0 Å². The maximum atomic E-state index is 12.9. The van der Waals surface area contributed by atoms with Crippen molar-refractivity contribution in [3.8, 4) is 0 Å². The molecule has 2 rings (SSSR count). The fraction of sp³-hybridized carbons (Fsp3) is 0.538. The standard InChI is InChI=1S/C13H19FN2O2S/c1-10-9-11(14)3-6-13(10)19(17,18)16-8-2-7-15-12-4-5-12/h3,6,9,12,15-16H,2,4-5,7-8H2,1H3. The lowest BCUT2D eigenvalue weighted by Crippen LogP contribution is -2.28. The summed E-state index contributed by atoms with van der Waals surface area (Å²) in [6.07, 6.45) is 3.19. The molecule has 4 nitrogen and oxygen atoms in total. The Bertz CT molecular complexity index is 542. The van der Waals surface area contributed by atoms with Crippen LogP contribution in [-0.2, 0) is 10.0 Å². The molecule has 0 aromatic heterocycles. The minimum Gasteiger partial charge on any atom is -0.314 e. The largest absolute Gasteiger partial charge is 0.314 e. The van der Waals surface area contributed by atoms with Crippen LogP contribution in [0.5, 0.6) is 0 Å². The highest BCUT2D eigenvalue weighted by Crippen LogP contribution is 2.18. The highest BCUT2D eigenvalue weighted by molar-refractivity contribution is 7.89. The predicted octanol–water partition coefficient (Wildman–Crippen LogP) is 1.55. The molecule has 106 valence electrons. The predicted molar refractivity (Wildman–Crippen MR) is 72.0 cm³/mol. The third kappa shape index (κ3) is 4.26. The van der Waals surface area contributed by atoms with Gasteiger partial charge in [0.1, 0.15) is 5.82 Å². The molecule has 2 N–H and O–H groups in total. The summed E-state index contributed by atoms with van der Waals surface area (Å²) < 4.78 is 39.5.